The van der Waals surface area contributed by atoms with Crippen molar-refractivity contribution in [1.82, 2.24) is 25.7 Å². The van der Waals surface area contributed by atoms with Gasteiger partial charge in [-0.15, -0.1) is 10.2 Å². The van der Waals surface area contributed by atoms with Gasteiger partial charge in [-0.2, -0.15) is 4.98 Å². The van der Waals surface area contributed by atoms with Crippen LogP contribution in [0.1, 0.15) is 51.9 Å². The molecule has 0 aliphatic carbocycles. The summed E-state index contributed by atoms with van der Waals surface area (Å²) in [7, 11) is 0. The van der Waals surface area contributed by atoms with E-state index in [0.717, 1.165) is 9.47 Å². The van der Waals surface area contributed by atoms with Gasteiger partial charge in [0, 0.05) is 6.54 Å². The molecular formula is C20H26N6O3S2. The highest BCUT2D eigenvalue weighted by atomic mass is 32.2. The maximum atomic E-state index is 12.1. The third-order valence-electron chi connectivity index (χ3n) is 3.85. The SMILES string of the molecule is CC(C)(C)OC(=O)NC(C)(C)c1noc(CSc2nnc(NCc3ccccc3)s2)n1. The molecule has 0 aliphatic rings. The lowest BCUT2D eigenvalue weighted by Crippen LogP contribution is -2.44. The zero-order chi connectivity index (χ0) is 22.5. The fourth-order valence-corrected chi connectivity index (χ4v) is 4.00. The number of aromatic nitrogens is 4. The number of thioether (sulfide) groups is 1. The van der Waals surface area contributed by atoms with Crippen molar-refractivity contribution in [3.05, 3.63) is 47.6 Å². The van der Waals surface area contributed by atoms with Gasteiger partial charge in [-0.05, 0) is 40.2 Å². The van der Waals surface area contributed by atoms with Gasteiger partial charge in [0.15, 0.2) is 10.2 Å². The maximum Gasteiger partial charge on any atom is 0.408 e. The minimum atomic E-state index is -0.841. The van der Waals surface area contributed by atoms with Gasteiger partial charge in [0.2, 0.25) is 11.0 Å². The summed E-state index contributed by atoms with van der Waals surface area (Å²) < 4.78 is 11.4. The van der Waals surface area contributed by atoms with Crippen molar-refractivity contribution in [1.29, 1.82) is 0 Å². The molecule has 0 saturated heterocycles. The number of benzene rings is 1. The molecule has 2 aromatic heterocycles. The number of hydrogen-bond donors (Lipinski definition) is 2. The van der Waals surface area contributed by atoms with Crippen LogP contribution in [0.25, 0.3) is 0 Å². The topological polar surface area (TPSA) is 115 Å². The standard InChI is InChI=1S/C20H26N6O3S2/c1-19(2,3)28-17(27)23-20(4,5)15-22-14(29-26-15)12-30-18-25-24-16(31-18)21-11-13-9-7-6-8-10-13/h6-10H,11-12H2,1-5H3,(H,21,24)(H,23,27). The number of alkyl carbamates (subject to hydrolysis) is 1. The van der Waals surface area contributed by atoms with Crippen LogP contribution in [0.5, 0.6) is 0 Å². The van der Waals surface area contributed by atoms with Crippen LogP contribution in [0.4, 0.5) is 9.93 Å². The predicted octanol–water partition coefficient (Wildman–Crippen LogP) is 4.59. The number of nitrogens with zero attached hydrogens (tertiary/aromatic N) is 4. The van der Waals surface area contributed by atoms with Crippen LogP contribution in [0, 0.1) is 0 Å². The van der Waals surface area contributed by atoms with E-state index < -0.39 is 17.2 Å². The van der Waals surface area contributed by atoms with Crippen LogP contribution in [-0.2, 0) is 22.6 Å². The lowest BCUT2D eigenvalue weighted by Gasteiger charge is -2.26. The van der Waals surface area contributed by atoms with Gasteiger partial charge >= 0.3 is 6.09 Å². The second kappa shape index (κ2) is 9.65. The normalized spacial score (nSPS) is 11.9. The molecule has 9 nitrogen and oxygen atoms in total. The molecule has 166 valence electrons. The minimum absolute atomic E-state index is 0.372. The highest BCUT2D eigenvalue weighted by Gasteiger charge is 2.31. The first-order valence-electron chi connectivity index (χ1n) is 9.69. The van der Waals surface area contributed by atoms with Gasteiger partial charge in [0.1, 0.15) is 11.1 Å². The molecule has 11 heteroatoms. The van der Waals surface area contributed by atoms with Crippen molar-refractivity contribution in [2.75, 3.05) is 5.32 Å². The van der Waals surface area contributed by atoms with Crippen molar-refractivity contribution < 1.29 is 14.1 Å². The summed E-state index contributed by atoms with van der Waals surface area (Å²) in [5, 5.41) is 19.1. The Morgan fingerprint density at radius 1 is 1.16 bits per heavy atom. The number of hydrogen-bond acceptors (Lipinski definition) is 10. The molecule has 0 unspecified atom stereocenters. The third-order valence-corrected chi connectivity index (χ3v) is 5.85. The van der Waals surface area contributed by atoms with Crippen LogP contribution in [-0.4, -0.2) is 32.0 Å². The first-order valence-corrected chi connectivity index (χ1v) is 11.5. The van der Waals surface area contributed by atoms with Crippen molar-refractivity contribution in [2.45, 2.75) is 62.4 Å². The lowest BCUT2D eigenvalue weighted by molar-refractivity contribution is 0.0465. The molecule has 0 radical (unpaired) electrons. The van der Waals surface area contributed by atoms with E-state index in [2.05, 4.69) is 43.1 Å². The van der Waals surface area contributed by atoms with Crippen molar-refractivity contribution in [3.8, 4) is 0 Å². The zero-order valence-electron chi connectivity index (χ0n) is 18.1. The van der Waals surface area contributed by atoms with Gasteiger partial charge in [0.25, 0.3) is 0 Å². The van der Waals surface area contributed by atoms with Crippen molar-refractivity contribution >= 4 is 34.3 Å². The number of anilines is 1. The van der Waals surface area contributed by atoms with Crippen LogP contribution in [0.15, 0.2) is 39.2 Å². The van der Waals surface area contributed by atoms with Crippen LogP contribution >= 0.6 is 23.1 Å². The summed E-state index contributed by atoms with van der Waals surface area (Å²) in [5.41, 5.74) is -0.255. The molecule has 31 heavy (non-hydrogen) atoms. The lowest BCUT2D eigenvalue weighted by atomic mass is 10.1. The second-order valence-electron chi connectivity index (χ2n) is 8.26. The molecule has 0 bridgehead atoms. The van der Waals surface area contributed by atoms with Crippen molar-refractivity contribution in [2.24, 2.45) is 0 Å². The third kappa shape index (κ3) is 7.21. The number of amides is 1. The van der Waals surface area contributed by atoms with Gasteiger partial charge < -0.3 is 19.9 Å². The molecule has 2 N–H and O–H groups in total. The summed E-state index contributed by atoms with van der Waals surface area (Å²) in [5.74, 6) is 1.26. The fraction of sp³-hybridized carbons (Fsp3) is 0.450. The largest absolute Gasteiger partial charge is 0.444 e. The van der Waals surface area contributed by atoms with E-state index >= 15 is 0 Å². The van der Waals surface area contributed by atoms with Gasteiger partial charge in [0.05, 0.1) is 5.75 Å². The average molecular weight is 463 g/mol. The summed E-state index contributed by atoms with van der Waals surface area (Å²) >= 11 is 2.92. The Labute approximate surface area is 189 Å². The number of nitrogens with one attached hydrogen (secondary N) is 2. The Bertz CT molecular complexity index is 998. The number of carbonyl (C=O) groups excluding carboxylic acids is 1. The van der Waals surface area contributed by atoms with Crippen LogP contribution in [0.2, 0.25) is 0 Å². The quantitative estimate of drug-likeness (QED) is 0.464. The molecule has 3 rings (SSSR count). The smallest absolute Gasteiger partial charge is 0.408 e. The zero-order valence-corrected chi connectivity index (χ0v) is 19.8. The first kappa shape index (κ1) is 23.0. The highest BCUT2D eigenvalue weighted by Crippen LogP contribution is 2.29. The molecule has 0 fully saturated rings. The number of carbonyl (C=O) groups is 1. The predicted molar refractivity (Wildman–Crippen MR) is 120 cm³/mol. The van der Waals surface area contributed by atoms with Gasteiger partial charge in [-0.1, -0.05) is 58.6 Å². The summed E-state index contributed by atoms with van der Waals surface area (Å²) in [6.45, 7) is 9.67. The first-order chi connectivity index (χ1) is 14.6. The Morgan fingerprint density at radius 3 is 2.61 bits per heavy atom. The van der Waals surface area contributed by atoms with E-state index in [1.165, 1.54) is 28.7 Å². The van der Waals surface area contributed by atoms with Crippen LogP contribution in [0.3, 0.4) is 0 Å². The Hall–Kier alpha value is -2.66. The number of ether oxygens (including phenoxy) is 1. The van der Waals surface area contributed by atoms with E-state index in [4.69, 9.17) is 9.26 Å². The second-order valence-corrected chi connectivity index (χ2v) is 10.5. The average Bonchev–Trinajstić information content (AvgIpc) is 3.33. The molecule has 1 amide bonds. The molecular weight excluding hydrogens is 436 g/mol. The fourth-order valence-electron chi connectivity index (χ4n) is 2.42. The van der Waals surface area contributed by atoms with Crippen LogP contribution < -0.4 is 10.6 Å². The summed E-state index contributed by atoms with van der Waals surface area (Å²) in [6.07, 6.45) is -0.539. The minimum Gasteiger partial charge on any atom is -0.444 e. The molecule has 0 spiro atoms. The van der Waals surface area contributed by atoms with E-state index in [9.17, 15) is 4.79 Å². The van der Waals surface area contributed by atoms with Gasteiger partial charge in [-0.3, -0.25) is 0 Å². The Morgan fingerprint density at radius 2 is 1.90 bits per heavy atom. The van der Waals surface area contributed by atoms with E-state index in [-0.39, 0.29) is 0 Å². The monoisotopic (exact) mass is 462 g/mol. The van der Waals surface area contributed by atoms with E-state index in [0.29, 0.717) is 24.0 Å². The molecule has 2 heterocycles. The van der Waals surface area contributed by atoms with E-state index in [1.807, 2.05) is 18.2 Å². The molecule has 0 saturated carbocycles. The molecule has 0 aliphatic heterocycles. The molecule has 3 aromatic rings. The Kier molecular flexibility index (Phi) is 7.16. The summed E-state index contributed by atoms with van der Waals surface area (Å²) in [4.78, 5) is 16.5. The molecule has 0 atom stereocenters. The summed E-state index contributed by atoms with van der Waals surface area (Å²) in [6, 6.07) is 10.1. The molecule has 1 aromatic carbocycles. The highest BCUT2D eigenvalue weighted by molar-refractivity contribution is 8.00. The maximum absolute atomic E-state index is 12.1. The number of rotatable bonds is 8. The van der Waals surface area contributed by atoms with Gasteiger partial charge in [-0.25, -0.2) is 4.79 Å². The van der Waals surface area contributed by atoms with E-state index in [1.54, 1.807) is 34.6 Å². The van der Waals surface area contributed by atoms with Crippen molar-refractivity contribution in [3.63, 3.8) is 0 Å². The Balaban J connectivity index is 1.51.